The minimum absolute atomic E-state index is 0.670. The maximum Gasteiger partial charge on any atom is 0.132 e. The monoisotopic (exact) mass is 269 g/mol. The van der Waals surface area contributed by atoms with Gasteiger partial charge in [0.2, 0.25) is 0 Å². The molecule has 4 rings (SSSR count). The van der Waals surface area contributed by atoms with E-state index in [9.17, 15) is 0 Å². The molecule has 2 bridgehead atoms. The molecule has 0 spiro atoms. The van der Waals surface area contributed by atoms with Crippen molar-refractivity contribution in [3.05, 3.63) is 29.7 Å². The summed E-state index contributed by atoms with van der Waals surface area (Å²) in [5, 5.41) is 0. The van der Waals surface area contributed by atoms with Crippen LogP contribution in [0.3, 0.4) is 0 Å². The van der Waals surface area contributed by atoms with Crippen LogP contribution >= 0.6 is 0 Å². The Labute approximate surface area is 121 Å². The van der Waals surface area contributed by atoms with Gasteiger partial charge in [0.25, 0.3) is 0 Å². The van der Waals surface area contributed by atoms with Gasteiger partial charge in [-0.25, -0.2) is 9.97 Å². The van der Waals surface area contributed by atoms with Gasteiger partial charge in [0.15, 0.2) is 0 Å². The Bertz CT molecular complexity index is 517. The molecule has 0 N–H and O–H groups in total. The second kappa shape index (κ2) is 4.87. The summed E-state index contributed by atoms with van der Waals surface area (Å²) in [5.74, 6) is 1.88. The molecule has 3 fully saturated rings. The van der Waals surface area contributed by atoms with E-state index in [1.54, 1.807) is 11.9 Å². The maximum atomic E-state index is 4.59. The van der Waals surface area contributed by atoms with E-state index in [1.807, 2.05) is 0 Å². The van der Waals surface area contributed by atoms with Crippen molar-refractivity contribution in [1.82, 2.24) is 9.97 Å². The van der Waals surface area contributed by atoms with Crippen molar-refractivity contribution in [2.75, 3.05) is 4.90 Å². The SMILES string of the molecule is CC=C1CC2CCC(C1)N2c1cc(C2CCC2)ncn1. The summed E-state index contributed by atoms with van der Waals surface area (Å²) < 4.78 is 0. The van der Waals surface area contributed by atoms with E-state index in [4.69, 9.17) is 0 Å². The summed E-state index contributed by atoms with van der Waals surface area (Å²) in [7, 11) is 0. The fourth-order valence-corrected chi connectivity index (χ4v) is 4.09. The summed E-state index contributed by atoms with van der Waals surface area (Å²) in [5.41, 5.74) is 2.92. The van der Waals surface area contributed by atoms with Gasteiger partial charge in [0.1, 0.15) is 12.1 Å². The van der Waals surface area contributed by atoms with E-state index in [2.05, 4.69) is 33.9 Å². The van der Waals surface area contributed by atoms with Crippen molar-refractivity contribution in [3.63, 3.8) is 0 Å². The number of nitrogens with zero attached hydrogens (tertiary/aromatic N) is 3. The van der Waals surface area contributed by atoms with Gasteiger partial charge in [-0.05, 0) is 45.4 Å². The van der Waals surface area contributed by atoms with Crippen molar-refractivity contribution in [2.45, 2.75) is 69.9 Å². The van der Waals surface area contributed by atoms with Crippen molar-refractivity contribution >= 4 is 5.82 Å². The van der Waals surface area contributed by atoms with E-state index in [0.29, 0.717) is 18.0 Å². The summed E-state index contributed by atoms with van der Waals surface area (Å²) in [4.78, 5) is 11.7. The Morgan fingerprint density at radius 3 is 2.45 bits per heavy atom. The minimum Gasteiger partial charge on any atom is -0.350 e. The number of fused-ring (bicyclic) bond motifs is 2. The van der Waals surface area contributed by atoms with Gasteiger partial charge >= 0.3 is 0 Å². The Morgan fingerprint density at radius 2 is 1.85 bits per heavy atom. The summed E-state index contributed by atoms with van der Waals surface area (Å²) in [6.07, 6.45) is 13.2. The molecule has 0 amide bonds. The summed E-state index contributed by atoms with van der Waals surface area (Å²) in [6.45, 7) is 2.18. The molecule has 2 unspecified atom stereocenters. The molecule has 0 aromatic carbocycles. The minimum atomic E-state index is 0.670. The molecule has 106 valence electrons. The van der Waals surface area contributed by atoms with Gasteiger partial charge in [-0.1, -0.05) is 18.1 Å². The van der Waals surface area contributed by atoms with Crippen LogP contribution in [0.25, 0.3) is 0 Å². The van der Waals surface area contributed by atoms with Crippen molar-refractivity contribution in [1.29, 1.82) is 0 Å². The highest BCUT2D eigenvalue weighted by Crippen LogP contribution is 2.42. The molecule has 0 radical (unpaired) electrons. The lowest BCUT2D eigenvalue weighted by atomic mass is 9.83. The third-order valence-corrected chi connectivity index (χ3v) is 5.49. The third kappa shape index (κ3) is 1.95. The van der Waals surface area contributed by atoms with Gasteiger partial charge in [0, 0.05) is 29.8 Å². The molecule has 1 aromatic heterocycles. The van der Waals surface area contributed by atoms with Gasteiger partial charge in [0.05, 0.1) is 0 Å². The van der Waals surface area contributed by atoms with E-state index < -0.39 is 0 Å². The smallest absolute Gasteiger partial charge is 0.132 e. The lowest BCUT2D eigenvalue weighted by Crippen LogP contribution is -2.41. The number of aromatic nitrogens is 2. The molecule has 2 aliphatic heterocycles. The third-order valence-electron chi connectivity index (χ3n) is 5.49. The first kappa shape index (κ1) is 12.4. The number of rotatable bonds is 2. The molecule has 3 aliphatic rings. The summed E-state index contributed by atoms with van der Waals surface area (Å²) >= 11 is 0. The largest absolute Gasteiger partial charge is 0.350 e. The lowest BCUT2D eigenvalue weighted by Gasteiger charge is -2.37. The second-order valence-corrected chi connectivity index (χ2v) is 6.58. The van der Waals surface area contributed by atoms with Crippen LogP contribution in [0.15, 0.2) is 24.0 Å². The predicted molar refractivity (Wildman–Crippen MR) is 80.9 cm³/mol. The molecule has 3 heteroatoms. The number of allylic oxidation sites excluding steroid dienone is 1. The Balaban J connectivity index is 1.61. The molecule has 2 saturated heterocycles. The number of hydrogen-bond donors (Lipinski definition) is 0. The molecule has 20 heavy (non-hydrogen) atoms. The highest BCUT2D eigenvalue weighted by atomic mass is 15.3. The van der Waals surface area contributed by atoms with Crippen LogP contribution in [0.1, 0.15) is 63.5 Å². The van der Waals surface area contributed by atoms with E-state index in [-0.39, 0.29) is 0 Å². The van der Waals surface area contributed by atoms with Crippen molar-refractivity contribution in [2.24, 2.45) is 0 Å². The van der Waals surface area contributed by atoms with Gasteiger partial charge in [-0.3, -0.25) is 0 Å². The van der Waals surface area contributed by atoms with E-state index >= 15 is 0 Å². The van der Waals surface area contributed by atoms with Crippen LogP contribution in [0.2, 0.25) is 0 Å². The number of anilines is 1. The molecule has 3 nitrogen and oxygen atoms in total. The molecule has 1 saturated carbocycles. The molecule has 2 atom stereocenters. The summed E-state index contributed by atoms with van der Waals surface area (Å²) in [6, 6.07) is 3.61. The van der Waals surface area contributed by atoms with Gasteiger partial charge in [-0.2, -0.15) is 0 Å². The van der Waals surface area contributed by atoms with E-state index in [1.165, 1.54) is 56.5 Å². The van der Waals surface area contributed by atoms with Crippen LogP contribution < -0.4 is 4.90 Å². The highest BCUT2D eigenvalue weighted by Gasteiger charge is 2.39. The Hall–Kier alpha value is -1.38. The molecule has 1 aliphatic carbocycles. The fraction of sp³-hybridized carbons (Fsp3) is 0.647. The molecular weight excluding hydrogens is 246 g/mol. The first-order chi connectivity index (χ1) is 9.85. The predicted octanol–water partition coefficient (Wildman–Crippen LogP) is 3.82. The molecular formula is C17H23N3. The van der Waals surface area contributed by atoms with Crippen LogP contribution in [-0.4, -0.2) is 22.1 Å². The second-order valence-electron chi connectivity index (χ2n) is 6.58. The van der Waals surface area contributed by atoms with Crippen LogP contribution in [0.4, 0.5) is 5.82 Å². The van der Waals surface area contributed by atoms with Gasteiger partial charge in [-0.15, -0.1) is 0 Å². The zero-order valence-electron chi connectivity index (χ0n) is 12.3. The zero-order valence-corrected chi connectivity index (χ0v) is 12.3. The molecule has 1 aromatic rings. The highest BCUT2D eigenvalue weighted by molar-refractivity contribution is 5.46. The topological polar surface area (TPSA) is 29.0 Å². The standard InChI is InChI=1S/C17H23N3/c1-2-12-8-14-6-7-15(9-12)20(14)17-10-16(18-11-19-17)13-4-3-5-13/h2,10-11,13-15H,3-9H2,1H3. The van der Waals surface area contributed by atoms with Crippen molar-refractivity contribution < 1.29 is 0 Å². The Kier molecular flexibility index (Phi) is 3.01. The Morgan fingerprint density at radius 1 is 1.10 bits per heavy atom. The average Bonchev–Trinajstić information content (AvgIpc) is 2.68. The number of piperidine rings is 1. The normalized spacial score (nSPS) is 29.4. The zero-order chi connectivity index (χ0) is 13.5. The maximum absolute atomic E-state index is 4.59. The quantitative estimate of drug-likeness (QED) is 0.764. The number of hydrogen-bond acceptors (Lipinski definition) is 3. The fourth-order valence-electron chi connectivity index (χ4n) is 4.09. The van der Waals surface area contributed by atoms with Crippen molar-refractivity contribution in [3.8, 4) is 0 Å². The first-order valence-corrected chi connectivity index (χ1v) is 8.09. The van der Waals surface area contributed by atoms with Crippen LogP contribution in [-0.2, 0) is 0 Å². The average molecular weight is 269 g/mol. The lowest BCUT2D eigenvalue weighted by molar-refractivity contribution is 0.410. The first-order valence-electron chi connectivity index (χ1n) is 8.09. The van der Waals surface area contributed by atoms with E-state index in [0.717, 1.165) is 0 Å². The van der Waals surface area contributed by atoms with Gasteiger partial charge < -0.3 is 4.90 Å². The van der Waals surface area contributed by atoms with Crippen LogP contribution in [0.5, 0.6) is 0 Å². The molecule has 3 heterocycles. The van der Waals surface area contributed by atoms with Crippen LogP contribution in [0, 0.1) is 0 Å².